The lowest BCUT2D eigenvalue weighted by Crippen LogP contribution is -2.40. The van der Waals surface area contributed by atoms with Gasteiger partial charge in [0.1, 0.15) is 35.7 Å². The number of fused-ring (bicyclic) bond motifs is 2. The van der Waals surface area contributed by atoms with Crippen molar-refractivity contribution in [3.8, 4) is 0 Å². The Balaban J connectivity index is 0.913. The summed E-state index contributed by atoms with van der Waals surface area (Å²) in [5, 5.41) is 2.74. The van der Waals surface area contributed by atoms with Crippen LogP contribution in [-0.2, 0) is 44.0 Å². The number of esters is 1. The summed E-state index contributed by atoms with van der Waals surface area (Å²) in [6.07, 6.45) is 4.54. The van der Waals surface area contributed by atoms with Crippen LogP contribution in [0.3, 0.4) is 0 Å². The third kappa shape index (κ3) is 5.56. The van der Waals surface area contributed by atoms with E-state index in [4.69, 9.17) is 30.0 Å². The fraction of sp³-hybridized carbons (Fsp3) is 0.600. The number of anilines is 1. The summed E-state index contributed by atoms with van der Waals surface area (Å²) in [6.45, 7) is 7.18. The number of rotatable bonds is 14. The van der Waals surface area contributed by atoms with Gasteiger partial charge in [0.2, 0.25) is 0 Å². The first-order valence-corrected chi connectivity index (χ1v) is 20.2. The van der Waals surface area contributed by atoms with Gasteiger partial charge >= 0.3 is 13.7 Å². The molecule has 278 valence electrons. The highest BCUT2D eigenvalue weighted by Crippen LogP contribution is 2.80. The SMILES string of the molecule is CC1[C@@H](C)C1(N)C(=O)OCC(C)(C)C(=O)SCCOP(=O)(NCc1ccccc1)OC1CC12OC1(CC1n1cnc3c(N)ncnc31)C1(CC1)C2=O. The molecule has 1 saturated heterocycles. The summed E-state index contributed by atoms with van der Waals surface area (Å²) in [4.78, 5) is 52.7. The molecule has 5 fully saturated rings. The molecule has 8 rings (SSSR count). The minimum absolute atomic E-state index is 0.0167. The fourth-order valence-electron chi connectivity index (χ4n) is 7.96. The van der Waals surface area contributed by atoms with E-state index in [-0.39, 0.29) is 66.5 Å². The maximum atomic E-state index is 14.3. The molecule has 17 heteroatoms. The van der Waals surface area contributed by atoms with Gasteiger partial charge in [-0.25, -0.2) is 24.6 Å². The van der Waals surface area contributed by atoms with Crippen molar-refractivity contribution in [2.24, 2.45) is 28.4 Å². The molecular formula is C35H44N7O8PS. The number of imidazole rings is 1. The Labute approximate surface area is 305 Å². The summed E-state index contributed by atoms with van der Waals surface area (Å²) in [6, 6.07) is 9.22. The maximum absolute atomic E-state index is 14.3. The molecule has 0 amide bonds. The minimum atomic E-state index is -4.01. The number of benzene rings is 1. The molecule has 4 saturated carbocycles. The summed E-state index contributed by atoms with van der Waals surface area (Å²) >= 11 is 0.991. The van der Waals surface area contributed by atoms with Crippen LogP contribution in [0.15, 0.2) is 43.0 Å². The number of nitrogens with zero attached hydrogens (tertiary/aromatic N) is 4. The van der Waals surface area contributed by atoms with Gasteiger partial charge in [-0.15, -0.1) is 0 Å². The Morgan fingerprint density at radius 3 is 2.56 bits per heavy atom. The standard InChI is InChI=1S/C35H44N7O8PS/c1-20-21(2)35(20,37)29(44)47-17-31(3,4)30(45)52-13-12-48-51(46,41-16-22-8-6-5-7-9-22)49-24-15-33(24)28(43)32(10-11-32)34(50-33)14-23(34)42-19-40-25-26(36)38-18-39-27(25)42/h5-9,18-21,23-24H,10-17,37H2,1-4H3,(H,41,46)(H2,36,38,39)/t20-,21?,23?,24?,33?,34?,35?,51?/m1/s1. The van der Waals surface area contributed by atoms with Crippen molar-refractivity contribution < 1.29 is 37.5 Å². The van der Waals surface area contributed by atoms with E-state index in [2.05, 4.69) is 20.0 Å². The first kappa shape index (κ1) is 35.8. The quantitative estimate of drug-likeness (QED) is 0.122. The second-order valence-electron chi connectivity index (χ2n) is 15.7. The van der Waals surface area contributed by atoms with Gasteiger partial charge < -0.3 is 25.5 Å². The van der Waals surface area contributed by atoms with Crippen molar-refractivity contribution in [2.45, 2.75) is 88.8 Å². The average Bonchev–Trinajstić information content (AvgIpc) is 4.09. The number of aromatic nitrogens is 4. The Morgan fingerprint density at radius 2 is 1.87 bits per heavy atom. The molecule has 4 aliphatic carbocycles. The van der Waals surface area contributed by atoms with Crippen LogP contribution in [0, 0.1) is 22.7 Å². The highest BCUT2D eigenvalue weighted by molar-refractivity contribution is 8.13. The Kier molecular flexibility index (Phi) is 8.35. The van der Waals surface area contributed by atoms with Crippen molar-refractivity contribution >= 4 is 53.4 Å². The zero-order valence-electron chi connectivity index (χ0n) is 29.6. The number of carbonyl (C=O) groups excluding carboxylic acids is 3. The molecule has 15 nitrogen and oxygen atoms in total. The molecule has 5 aliphatic rings. The second kappa shape index (κ2) is 12.1. The average molecular weight is 754 g/mol. The second-order valence-corrected chi connectivity index (χ2v) is 18.5. The third-order valence-corrected chi connectivity index (χ3v) is 14.8. The van der Waals surface area contributed by atoms with Gasteiger partial charge in [0.15, 0.2) is 28.0 Å². The van der Waals surface area contributed by atoms with Gasteiger partial charge in [-0.3, -0.25) is 23.4 Å². The van der Waals surface area contributed by atoms with E-state index < -0.39 is 47.4 Å². The number of ketones is 1. The number of hydrogen-bond donors (Lipinski definition) is 3. The van der Waals surface area contributed by atoms with E-state index in [0.29, 0.717) is 30.4 Å². The number of hydrogen-bond acceptors (Lipinski definition) is 14. The molecule has 3 spiro atoms. The molecule has 1 aromatic carbocycles. The van der Waals surface area contributed by atoms with Gasteiger partial charge in [-0.2, -0.15) is 0 Å². The number of Topliss-reactive ketones (excluding diaryl/α,β-unsaturated/α-hetero) is 1. The molecule has 2 aromatic heterocycles. The van der Waals surface area contributed by atoms with Crippen LogP contribution in [0.5, 0.6) is 0 Å². The van der Waals surface area contributed by atoms with E-state index in [1.807, 2.05) is 48.7 Å². The van der Waals surface area contributed by atoms with E-state index in [0.717, 1.165) is 17.3 Å². The van der Waals surface area contributed by atoms with E-state index in [1.165, 1.54) is 6.33 Å². The first-order valence-electron chi connectivity index (χ1n) is 17.7. The number of thioether (sulfide) groups is 1. The summed E-state index contributed by atoms with van der Waals surface area (Å²) in [5.41, 5.74) is 9.54. The Hall–Kier alpha value is -3.24. The van der Waals surface area contributed by atoms with Crippen LogP contribution in [0.2, 0.25) is 0 Å². The number of nitrogens with one attached hydrogen (secondary N) is 1. The van der Waals surface area contributed by atoms with Crippen LogP contribution in [-0.4, -0.2) is 78.2 Å². The lowest BCUT2D eigenvalue weighted by Gasteiger charge is -2.24. The van der Waals surface area contributed by atoms with E-state index in [1.54, 1.807) is 20.2 Å². The molecule has 7 unspecified atom stereocenters. The first-order chi connectivity index (χ1) is 24.6. The zero-order valence-corrected chi connectivity index (χ0v) is 31.3. The molecule has 0 radical (unpaired) electrons. The molecule has 3 heterocycles. The number of carbonyl (C=O) groups is 3. The van der Waals surface area contributed by atoms with Crippen molar-refractivity contribution in [1.29, 1.82) is 0 Å². The number of nitrogen functional groups attached to an aromatic ring is 1. The van der Waals surface area contributed by atoms with Crippen LogP contribution in [0.1, 0.15) is 65.0 Å². The molecular weight excluding hydrogens is 709 g/mol. The van der Waals surface area contributed by atoms with Gasteiger partial charge in [0.25, 0.3) is 0 Å². The number of nitrogens with two attached hydrogens (primary N) is 2. The predicted octanol–water partition coefficient (Wildman–Crippen LogP) is 3.73. The smallest absolute Gasteiger partial charge is 0.406 e. The van der Waals surface area contributed by atoms with Crippen molar-refractivity contribution in [1.82, 2.24) is 24.6 Å². The van der Waals surface area contributed by atoms with Gasteiger partial charge in [-0.1, -0.05) is 55.9 Å². The molecule has 5 N–H and O–H groups in total. The molecule has 8 atom stereocenters. The summed E-state index contributed by atoms with van der Waals surface area (Å²) in [7, 11) is -4.01. The van der Waals surface area contributed by atoms with Crippen molar-refractivity contribution in [3.63, 3.8) is 0 Å². The molecule has 1 aliphatic heterocycles. The van der Waals surface area contributed by atoms with Gasteiger partial charge in [-0.05, 0) is 44.1 Å². The lowest BCUT2D eigenvalue weighted by molar-refractivity contribution is -0.151. The van der Waals surface area contributed by atoms with E-state index >= 15 is 0 Å². The summed E-state index contributed by atoms with van der Waals surface area (Å²) < 4.78 is 40.5. The predicted molar refractivity (Wildman–Crippen MR) is 190 cm³/mol. The van der Waals surface area contributed by atoms with Gasteiger partial charge in [0, 0.05) is 25.1 Å². The third-order valence-electron chi connectivity index (χ3n) is 12.0. The largest absolute Gasteiger partial charge is 0.463 e. The lowest BCUT2D eigenvalue weighted by atomic mass is 9.91. The minimum Gasteiger partial charge on any atom is -0.463 e. The van der Waals surface area contributed by atoms with Crippen molar-refractivity contribution in [2.75, 3.05) is 24.7 Å². The molecule has 52 heavy (non-hydrogen) atoms. The normalized spacial score (nSPS) is 33.4. The topological polar surface area (TPSA) is 213 Å². The monoisotopic (exact) mass is 753 g/mol. The Morgan fingerprint density at radius 1 is 1.13 bits per heavy atom. The molecule has 3 aromatic rings. The fourth-order valence-corrected chi connectivity index (χ4v) is 10.4. The van der Waals surface area contributed by atoms with E-state index in [9.17, 15) is 18.9 Å². The molecule has 0 bridgehead atoms. The van der Waals surface area contributed by atoms with Crippen LogP contribution in [0.25, 0.3) is 11.2 Å². The van der Waals surface area contributed by atoms with Crippen LogP contribution >= 0.6 is 19.5 Å². The summed E-state index contributed by atoms with van der Waals surface area (Å²) in [5.74, 6) is -0.0407. The Bertz CT molecular complexity index is 2000. The van der Waals surface area contributed by atoms with Crippen LogP contribution < -0.4 is 16.6 Å². The highest BCUT2D eigenvalue weighted by atomic mass is 32.2. The maximum Gasteiger partial charge on any atom is 0.406 e. The number of ether oxygens (including phenoxy) is 2. The van der Waals surface area contributed by atoms with Crippen molar-refractivity contribution in [3.05, 3.63) is 48.5 Å². The van der Waals surface area contributed by atoms with Gasteiger partial charge in [0.05, 0.1) is 29.8 Å². The van der Waals surface area contributed by atoms with Crippen LogP contribution in [0.4, 0.5) is 5.82 Å². The highest BCUT2D eigenvalue weighted by Gasteiger charge is 2.89. The zero-order chi connectivity index (χ0) is 36.9.